The lowest BCUT2D eigenvalue weighted by Crippen LogP contribution is -2.37. The number of nitriles is 1. The zero-order chi connectivity index (χ0) is 12.2. The van der Waals surface area contributed by atoms with Gasteiger partial charge in [0.25, 0.3) is 0 Å². The Morgan fingerprint density at radius 1 is 1.50 bits per heavy atom. The quantitative estimate of drug-likeness (QED) is 0.846. The van der Waals surface area contributed by atoms with Crippen LogP contribution in [0.1, 0.15) is 39.0 Å². The molecular weight excluding hydrogens is 198 g/mol. The van der Waals surface area contributed by atoms with Gasteiger partial charge in [0.2, 0.25) is 0 Å². The molecule has 3 nitrogen and oxygen atoms in total. The van der Waals surface area contributed by atoms with Crippen LogP contribution in [0.25, 0.3) is 0 Å². The fourth-order valence-electron chi connectivity index (χ4n) is 1.25. The van der Waals surface area contributed by atoms with E-state index in [4.69, 9.17) is 5.26 Å². The lowest BCUT2D eigenvalue weighted by molar-refractivity contribution is 0.285. The van der Waals surface area contributed by atoms with Crippen molar-refractivity contribution >= 4 is 0 Å². The van der Waals surface area contributed by atoms with Gasteiger partial charge in [0, 0.05) is 24.3 Å². The molecule has 1 atom stereocenters. The molecule has 0 amide bonds. The summed E-state index contributed by atoms with van der Waals surface area (Å²) in [4.78, 5) is 4.04. The van der Waals surface area contributed by atoms with E-state index in [0.29, 0.717) is 18.3 Å². The first-order chi connectivity index (χ1) is 7.45. The number of hydrogen-bond donors (Lipinski definition) is 1. The Bertz CT molecular complexity index is 385. The lowest BCUT2D eigenvalue weighted by Gasteiger charge is -2.28. The highest BCUT2D eigenvalue weighted by Crippen LogP contribution is 2.19. The molecule has 0 aromatic carbocycles. The van der Waals surface area contributed by atoms with Gasteiger partial charge in [-0.2, -0.15) is 5.26 Å². The van der Waals surface area contributed by atoms with Gasteiger partial charge in [0.05, 0.1) is 0 Å². The van der Waals surface area contributed by atoms with Gasteiger partial charge >= 0.3 is 0 Å². The van der Waals surface area contributed by atoms with Crippen molar-refractivity contribution < 1.29 is 0 Å². The molecule has 0 saturated carbocycles. The minimum atomic E-state index is 0.217. The van der Waals surface area contributed by atoms with Crippen LogP contribution in [0, 0.1) is 16.7 Å². The van der Waals surface area contributed by atoms with Gasteiger partial charge in [-0.05, 0) is 18.4 Å². The van der Waals surface area contributed by atoms with Crippen molar-refractivity contribution in [3.05, 3.63) is 29.6 Å². The molecule has 1 N–H and O–H groups in total. The minimum absolute atomic E-state index is 0.217. The Morgan fingerprint density at radius 2 is 2.19 bits per heavy atom. The van der Waals surface area contributed by atoms with Crippen LogP contribution in [0.15, 0.2) is 18.3 Å². The summed E-state index contributed by atoms with van der Waals surface area (Å²) >= 11 is 0. The average molecular weight is 217 g/mol. The lowest BCUT2D eigenvalue weighted by atomic mass is 9.88. The molecule has 1 rings (SSSR count). The van der Waals surface area contributed by atoms with Crippen LogP contribution >= 0.6 is 0 Å². The first-order valence-electron chi connectivity index (χ1n) is 5.52. The summed E-state index contributed by atoms with van der Waals surface area (Å²) in [7, 11) is 0. The van der Waals surface area contributed by atoms with Crippen molar-refractivity contribution in [2.24, 2.45) is 5.41 Å². The first-order valence-corrected chi connectivity index (χ1v) is 5.52. The molecule has 0 spiro atoms. The van der Waals surface area contributed by atoms with E-state index in [1.165, 1.54) is 0 Å². The fourth-order valence-corrected chi connectivity index (χ4v) is 1.25. The van der Waals surface area contributed by atoms with Gasteiger partial charge in [0.15, 0.2) is 0 Å². The molecule has 0 aliphatic heterocycles. The Balaban J connectivity index is 2.66. The van der Waals surface area contributed by atoms with Crippen molar-refractivity contribution in [3.8, 4) is 6.07 Å². The summed E-state index contributed by atoms with van der Waals surface area (Å²) in [5.41, 5.74) is 1.69. The van der Waals surface area contributed by atoms with Gasteiger partial charge in [-0.25, -0.2) is 4.98 Å². The number of nitrogens with one attached hydrogen (secondary N) is 1. The number of rotatable bonds is 3. The van der Waals surface area contributed by atoms with Gasteiger partial charge in [0.1, 0.15) is 11.8 Å². The van der Waals surface area contributed by atoms with E-state index in [2.05, 4.69) is 44.1 Å². The van der Waals surface area contributed by atoms with E-state index in [0.717, 1.165) is 5.56 Å². The van der Waals surface area contributed by atoms with Crippen LogP contribution in [-0.2, 0) is 6.54 Å². The highest BCUT2D eigenvalue weighted by atomic mass is 14.9. The Kier molecular flexibility index (Phi) is 4.03. The number of nitrogens with zero attached hydrogens (tertiary/aromatic N) is 2. The monoisotopic (exact) mass is 217 g/mol. The molecule has 1 aromatic rings. The molecule has 0 fully saturated rings. The van der Waals surface area contributed by atoms with E-state index >= 15 is 0 Å². The number of hydrogen-bond acceptors (Lipinski definition) is 3. The van der Waals surface area contributed by atoms with Crippen LogP contribution in [0.4, 0.5) is 0 Å². The van der Waals surface area contributed by atoms with Crippen molar-refractivity contribution in [1.29, 1.82) is 5.26 Å². The Hall–Kier alpha value is -1.40. The van der Waals surface area contributed by atoms with Crippen molar-refractivity contribution in [2.45, 2.75) is 40.3 Å². The van der Waals surface area contributed by atoms with Crippen LogP contribution in [-0.4, -0.2) is 11.0 Å². The fraction of sp³-hybridized carbons (Fsp3) is 0.538. The van der Waals surface area contributed by atoms with Crippen molar-refractivity contribution in [1.82, 2.24) is 10.3 Å². The molecule has 1 heterocycles. The maximum Gasteiger partial charge on any atom is 0.144 e. The molecule has 3 heteroatoms. The third kappa shape index (κ3) is 3.32. The summed E-state index contributed by atoms with van der Waals surface area (Å²) in [6.45, 7) is 9.43. The van der Waals surface area contributed by atoms with Crippen LogP contribution in [0.5, 0.6) is 0 Å². The topological polar surface area (TPSA) is 48.7 Å². The van der Waals surface area contributed by atoms with E-state index in [-0.39, 0.29) is 5.41 Å². The second-order valence-corrected chi connectivity index (χ2v) is 5.09. The molecule has 1 unspecified atom stereocenters. The molecule has 1 aromatic heterocycles. The highest BCUT2D eigenvalue weighted by Gasteiger charge is 2.19. The zero-order valence-corrected chi connectivity index (χ0v) is 10.4. The van der Waals surface area contributed by atoms with Crippen LogP contribution in [0.2, 0.25) is 0 Å². The van der Waals surface area contributed by atoms with Crippen molar-refractivity contribution in [3.63, 3.8) is 0 Å². The molecule has 0 bridgehead atoms. The third-order valence-electron chi connectivity index (χ3n) is 2.89. The summed E-state index contributed by atoms with van der Waals surface area (Å²) < 4.78 is 0. The summed E-state index contributed by atoms with van der Waals surface area (Å²) in [5, 5.41) is 12.3. The molecule has 0 radical (unpaired) electrons. The minimum Gasteiger partial charge on any atom is -0.310 e. The zero-order valence-electron chi connectivity index (χ0n) is 10.4. The second-order valence-electron chi connectivity index (χ2n) is 5.09. The number of pyridine rings is 1. The molecule has 16 heavy (non-hydrogen) atoms. The standard InChI is InChI=1S/C13H19N3/c1-10(13(2,3)4)16-9-11-6-5-7-15-12(11)8-14/h5-7,10,16H,9H2,1-4H3. The molecule has 0 aliphatic carbocycles. The maximum atomic E-state index is 8.90. The Labute approximate surface area is 97.5 Å². The summed E-state index contributed by atoms with van der Waals surface area (Å²) in [5.74, 6) is 0. The number of aromatic nitrogens is 1. The maximum absolute atomic E-state index is 8.90. The first kappa shape index (κ1) is 12.7. The van der Waals surface area contributed by atoms with Gasteiger partial charge in [-0.15, -0.1) is 0 Å². The third-order valence-corrected chi connectivity index (χ3v) is 2.89. The molecule has 86 valence electrons. The smallest absolute Gasteiger partial charge is 0.144 e. The largest absolute Gasteiger partial charge is 0.310 e. The van der Waals surface area contributed by atoms with Gasteiger partial charge in [-0.3, -0.25) is 0 Å². The normalized spacial score (nSPS) is 13.2. The van der Waals surface area contributed by atoms with Crippen LogP contribution < -0.4 is 5.32 Å². The predicted molar refractivity (Wildman–Crippen MR) is 64.7 cm³/mol. The van der Waals surface area contributed by atoms with Crippen LogP contribution in [0.3, 0.4) is 0 Å². The van der Waals surface area contributed by atoms with E-state index in [9.17, 15) is 0 Å². The summed E-state index contributed by atoms with van der Waals surface area (Å²) in [6.07, 6.45) is 1.65. The Morgan fingerprint density at radius 3 is 2.75 bits per heavy atom. The van der Waals surface area contributed by atoms with E-state index in [1.807, 2.05) is 12.1 Å². The summed E-state index contributed by atoms with van der Waals surface area (Å²) in [6, 6.07) is 6.29. The van der Waals surface area contributed by atoms with Crippen molar-refractivity contribution in [2.75, 3.05) is 0 Å². The van der Waals surface area contributed by atoms with E-state index < -0.39 is 0 Å². The SMILES string of the molecule is CC(NCc1cccnc1C#N)C(C)(C)C. The molecule has 0 saturated heterocycles. The highest BCUT2D eigenvalue weighted by molar-refractivity contribution is 5.30. The molecular formula is C13H19N3. The molecule has 0 aliphatic rings. The average Bonchev–Trinajstić information content (AvgIpc) is 2.24. The predicted octanol–water partition coefficient (Wildman–Crippen LogP) is 2.48. The van der Waals surface area contributed by atoms with Gasteiger partial charge < -0.3 is 5.32 Å². The van der Waals surface area contributed by atoms with Gasteiger partial charge in [-0.1, -0.05) is 26.8 Å². The van der Waals surface area contributed by atoms with E-state index in [1.54, 1.807) is 6.20 Å². The second kappa shape index (κ2) is 5.09.